The molecule has 0 aliphatic carbocycles. The molecule has 3 aromatic carbocycles. The number of carbonyl (C=O) groups is 1. The number of benzene rings is 3. The van der Waals surface area contributed by atoms with Crippen LogP contribution in [0.2, 0.25) is 0 Å². The molecule has 0 fully saturated rings. The van der Waals surface area contributed by atoms with Gasteiger partial charge in [-0.05, 0) is 52.3 Å². The second-order valence-corrected chi connectivity index (χ2v) is 6.14. The standard InChI is InChI=1S/C23H21FO/c1-2-17-5-7-18(8-6-17)19-9-11-20(12-10-19)22-14-13-21(4-3-15-25)23(24)16-22/h5-16H,2-4H2,1H3. The number of halogens is 1. The summed E-state index contributed by atoms with van der Waals surface area (Å²) in [6.45, 7) is 2.15. The first-order valence-corrected chi connectivity index (χ1v) is 8.63. The smallest absolute Gasteiger partial charge is 0.127 e. The zero-order valence-electron chi connectivity index (χ0n) is 14.3. The van der Waals surface area contributed by atoms with Gasteiger partial charge in [-0.1, -0.05) is 67.6 Å². The third-order valence-electron chi connectivity index (χ3n) is 4.50. The van der Waals surface area contributed by atoms with Gasteiger partial charge in [0.2, 0.25) is 0 Å². The Morgan fingerprint density at radius 3 is 1.84 bits per heavy atom. The lowest BCUT2D eigenvalue weighted by Gasteiger charge is -2.08. The Labute approximate surface area is 148 Å². The Bertz CT molecular complexity index is 848. The highest BCUT2D eigenvalue weighted by Crippen LogP contribution is 2.26. The summed E-state index contributed by atoms with van der Waals surface area (Å²) in [7, 11) is 0. The van der Waals surface area contributed by atoms with Gasteiger partial charge in [-0.2, -0.15) is 0 Å². The molecular weight excluding hydrogens is 311 g/mol. The molecule has 0 amide bonds. The Morgan fingerprint density at radius 1 is 0.800 bits per heavy atom. The lowest BCUT2D eigenvalue weighted by Crippen LogP contribution is -1.92. The molecular formula is C23H21FO. The van der Waals surface area contributed by atoms with Crippen molar-refractivity contribution >= 4 is 6.29 Å². The first-order valence-electron chi connectivity index (χ1n) is 8.63. The molecule has 0 aliphatic heterocycles. The quantitative estimate of drug-likeness (QED) is 0.517. The van der Waals surface area contributed by atoms with Gasteiger partial charge in [0.25, 0.3) is 0 Å². The number of aldehydes is 1. The van der Waals surface area contributed by atoms with E-state index in [1.54, 1.807) is 12.1 Å². The lowest BCUT2D eigenvalue weighted by molar-refractivity contribution is -0.107. The normalized spacial score (nSPS) is 10.6. The summed E-state index contributed by atoms with van der Waals surface area (Å²) in [6, 6.07) is 22.0. The Hall–Kier alpha value is -2.74. The summed E-state index contributed by atoms with van der Waals surface area (Å²) in [5.74, 6) is -0.251. The average molecular weight is 332 g/mol. The predicted molar refractivity (Wildman–Crippen MR) is 101 cm³/mol. The van der Waals surface area contributed by atoms with Crippen LogP contribution in [0.1, 0.15) is 24.5 Å². The van der Waals surface area contributed by atoms with E-state index in [0.717, 1.165) is 29.4 Å². The van der Waals surface area contributed by atoms with Crippen molar-refractivity contribution in [1.82, 2.24) is 0 Å². The van der Waals surface area contributed by atoms with E-state index in [1.165, 1.54) is 11.1 Å². The molecule has 0 unspecified atom stereocenters. The molecule has 0 saturated heterocycles. The molecule has 0 aromatic heterocycles. The van der Waals surface area contributed by atoms with Gasteiger partial charge >= 0.3 is 0 Å². The van der Waals surface area contributed by atoms with Crippen LogP contribution in [0.15, 0.2) is 66.7 Å². The van der Waals surface area contributed by atoms with Crippen LogP contribution in [0, 0.1) is 5.82 Å². The molecule has 25 heavy (non-hydrogen) atoms. The topological polar surface area (TPSA) is 17.1 Å². The molecule has 0 N–H and O–H groups in total. The highest BCUT2D eigenvalue weighted by molar-refractivity contribution is 5.70. The van der Waals surface area contributed by atoms with Crippen molar-refractivity contribution in [1.29, 1.82) is 0 Å². The maximum atomic E-state index is 14.2. The summed E-state index contributed by atoms with van der Waals surface area (Å²) < 4.78 is 14.2. The maximum absolute atomic E-state index is 14.2. The van der Waals surface area contributed by atoms with Gasteiger partial charge in [-0.3, -0.25) is 0 Å². The highest BCUT2D eigenvalue weighted by atomic mass is 19.1. The predicted octanol–water partition coefficient (Wildman–Crippen LogP) is 5.85. The van der Waals surface area contributed by atoms with E-state index < -0.39 is 0 Å². The molecule has 0 atom stereocenters. The minimum Gasteiger partial charge on any atom is -0.303 e. The Morgan fingerprint density at radius 2 is 1.32 bits per heavy atom. The molecule has 0 radical (unpaired) electrons. The third kappa shape index (κ3) is 4.03. The van der Waals surface area contributed by atoms with Crippen molar-refractivity contribution in [2.24, 2.45) is 0 Å². The van der Waals surface area contributed by atoms with Crippen LogP contribution < -0.4 is 0 Å². The monoisotopic (exact) mass is 332 g/mol. The Kier molecular flexibility index (Phi) is 5.39. The first-order chi connectivity index (χ1) is 12.2. The van der Waals surface area contributed by atoms with E-state index in [0.29, 0.717) is 18.4 Å². The van der Waals surface area contributed by atoms with Crippen LogP contribution in [0.25, 0.3) is 22.3 Å². The number of hydrogen-bond donors (Lipinski definition) is 0. The zero-order chi connectivity index (χ0) is 17.6. The number of rotatable bonds is 6. The zero-order valence-corrected chi connectivity index (χ0v) is 14.3. The largest absolute Gasteiger partial charge is 0.303 e. The van der Waals surface area contributed by atoms with Crippen LogP contribution >= 0.6 is 0 Å². The molecule has 2 heteroatoms. The molecule has 0 heterocycles. The van der Waals surface area contributed by atoms with Crippen molar-refractivity contribution in [3.8, 4) is 22.3 Å². The van der Waals surface area contributed by atoms with Gasteiger partial charge in [0.05, 0.1) is 0 Å². The first kappa shape index (κ1) is 17.1. The van der Waals surface area contributed by atoms with Crippen LogP contribution in [-0.4, -0.2) is 6.29 Å². The van der Waals surface area contributed by atoms with E-state index in [4.69, 9.17) is 0 Å². The van der Waals surface area contributed by atoms with E-state index in [9.17, 15) is 9.18 Å². The van der Waals surface area contributed by atoms with Crippen LogP contribution in [0.3, 0.4) is 0 Å². The SMILES string of the molecule is CCc1ccc(-c2ccc(-c3ccc(CCC=O)c(F)c3)cc2)cc1. The molecule has 0 aliphatic rings. The molecule has 0 bridgehead atoms. The fourth-order valence-corrected chi connectivity index (χ4v) is 2.93. The average Bonchev–Trinajstić information content (AvgIpc) is 2.67. The molecule has 0 spiro atoms. The summed E-state index contributed by atoms with van der Waals surface area (Å²) in [6.07, 6.45) is 2.65. The second-order valence-electron chi connectivity index (χ2n) is 6.14. The van der Waals surface area contributed by atoms with Gasteiger partial charge in [0.1, 0.15) is 12.1 Å². The van der Waals surface area contributed by atoms with E-state index >= 15 is 0 Å². The van der Waals surface area contributed by atoms with Crippen molar-refractivity contribution in [3.63, 3.8) is 0 Å². The molecule has 0 saturated carbocycles. The summed E-state index contributed by atoms with van der Waals surface area (Å²) in [5, 5.41) is 0. The van der Waals surface area contributed by atoms with Gasteiger partial charge in [-0.15, -0.1) is 0 Å². The third-order valence-corrected chi connectivity index (χ3v) is 4.50. The van der Waals surface area contributed by atoms with Crippen molar-refractivity contribution in [3.05, 3.63) is 83.7 Å². The number of carbonyl (C=O) groups excluding carboxylic acids is 1. The van der Waals surface area contributed by atoms with Crippen LogP contribution in [-0.2, 0) is 17.6 Å². The van der Waals surface area contributed by atoms with Gasteiger partial charge in [-0.25, -0.2) is 4.39 Å². The fourth-order valence-electron chi connectivity index (χ4n) is 2.93. The van der Waals surface area contributed by atoms with Gasteiger partial charge in [0.15, 0.2) is 0 Å². The van der Waals surface area contributed by atoms with E-state index in [2.05, 4.69) is 43.3 Å². The molecule has 3 aromatic rings. The van der Waals surface area contributed by atoms with Crippen molar-refractivity contribution in [2.75, 3.05) is 0 Å². The van der Waals surface area contributed by atoms with Gasteiger partial charge < -0.3 is 4.79 Å². The lowest BCUT2D eigenvalue weighted by atomic mass is 9.98. The number of aryl methyl sites for hydroxylation is 2. The van der Waals surface area contributed by atoms with Gasteiger partial charge in [0, 0.05) is 6.42 Å². The summed E-state index contributed by atoms with van der Waals surface area (Å²) >= 11 is 0. The van der Waals surface area contributed by atoms with E-state index in [1.807, 2.05) is 18.2 Å². The second kappa shape index (κ2) is 7.89. The minimum absolute atomic E-state index is 0.251. The van der Waals surface area contributed by atoms with Crippen LogP contribution in [0.5, 0.6) is 0 Å². The number of hydrogen-bond acceptors (Lipinski definition) is 1. The minimum atomic E-state index is -0.251. The fraction of sp³-hybridized carbons (Fsp3) is 0.174. The van der Waals surface area contributed by atoms with Crippen LogP contribution in [0.4, 0.5) is 4.39 Å². The Balaban J connectivity index is 1.81. The molecule has 3 rings (SSSR count). The molecule has 1 nitrogen and oxygen atoms in total. The summed E-state index contributed by atoms with van der Waals surface area (Å²) in [5.41, 5.74) is 6.07. The van der Waals surface area contributed by atoms with Crippen molar-refractivity contribution in [2.45, 2.75) is 26.2 Å². The molecule has 126 valence electrons. The highest BCUT2D eigenvalue weighted by Gasteiger charge is 2.06. The maximum Gasteiger partial charge on any atom is 0.127 e. The van der Waals surface area contributed by atoms with E-state index in [-0.39, 0.29) is 5.82 Å². The summed E-state index contributed by atoms with van der Waals surface area (Å²) in [4.78, 5) is 10.4. The van der Waals surface area contributed by atoms with Crippen molar-refractivity contribution < 1.29 is 9.18 Å².